The highest BCUT2D eigenvalue weighted by Gasteiger charge is 2.52. The maximum absolute atomic E-state index is 12.7. The van der Waals surface area contributed by atoms with E-state index in [2.05, 4.69) is 15.3 Å². The first-order chi connectivity index (χ1) is 14.9. The van der Waals surface area contributed by atoms with Crippen LogP contribution in [0.5, 0.6) is 6.01 Å². The van der Waals surface area contributed by atoms with Crippen molar-refractivity contribution in [1.82, 2.24) is 15.3 Å². The van der Waals surface area contributed by atoms with Crippen molar-refractivity contribution in [3.05, 3.63) is 83.1 Å². The molecular weight excluding hydrogens is 420 g/mol. The molecule has 2 atom stereocenters. The highest BCUT2D eigenvalue weighted by Crippen LogP contribution is 2.42. The van der Waals surface area contributed by atoms with Crippen LogP contribution in [0.25, 0.3) is 0 Å². The summed E-state index contributed by atoms with van der Waals surface area (Å²) in [5.74, 6) is -1.49. The first kappa shape index (κ1) is 20.8. The summed E-state index contributed by atoms with van der Waals surface area (Å²) in [7, 11) is 1.63. The Balaban J connectivity index is 2.02. The number of rotatable bonds is 5. The highest BCUT2D eigenvalue weighted by atomic mass is 35.5. The molecule has 2 aromatic carbocycles. The largest absolute Gasteiger partial charge is 0.478 e. The van der Waals surface area contributed by atoms with Gasteiger partial charge in [0.2, 0.25) is 12.0 Å². The summed E-state index contributed by atoms with van der Waals surface area (Å²) >= 11 is 6.33. The fourth-order valence-corrected chi connectivity index (χ4v) is 3.97. The smallest absolute Gasteiger partial charge is 0.347 e. The summed E-state index contributed by atoms with van der Waals surface area (Å²) in [5, 5.41) is 13.8. The van der Waals surface area contributed by atoms with Crippen molar-refractivity contribution in [3.63, 3.8) is 0 Å². The lowest BCUT2D eigenvalue weighted by Crippen LogP contribution is -2.58. The van der Waals surface area contributed by atoms with Crippen molar-refractivity contribution in [2.75, 3.05) is 18.5 Å². The van der Waals surface area contributed by atoms with Crippen molar-refractivity contribution in [3.8, 4) is 6.01 Å². The lowest BCUT2D eigenvalue weighted by molar-refractivity contribution is -0.149. The molecule has 8 nitrogen and oxygen atoms in total. The van der Waals surface area contributed by atoms with Crippen molar-refractivity contribution >= 4 is 29.2 Å². The van der Waals surface area contributed by atoms with Gasteiger partial charge in [-0.05, 0) is 29.8 Å². The van der Waals surface area contributed by atoms with Gasteiger partial charge in [-0.1, -0.05) is 41.9 Å². The molecule has 2 heterocycles. The minimum absolute atomic E-state index is 0.0977. The third-order valence-corrected chi connectivity index (χ3v) is 5.48. The van der Waals surface area contributed by atoms with Crippen LogP contribution >= 0.6 is 11.6 Å². The number of carbonyl (C=O) groups excluding carboxylic acids is 1. The van der Waals surface area contributed by atoms with E-state index in [0.717, 1.165) is 0 Å². The number of carboxylic acid groups (broad SMARTS) is 1. The molecule has 4 rings (SSSR count). The van der Waals surface area contributed by atoms with Gasteiger partial charge in [0, 0.05) is 35.7 Å². The van der Waals surface area contributed by atoms with E-state index in [0.29, 0.717) is 21.8 Å². The number of anilines is 1. The Morgan fingerprint density at radius 3 is 2.58 bits per heavy atom. The third-order valence-electron chi connectivity index (χ3n) is 5.25. The molecule has 0 fully saturated rings. The average Bonchev–Trinajstić information content (AvgIpc) is 2.89. The number of benzene rings is 2. The third kappa shape index (κ3) is 3.71. The van der Waals surface area contributed by atoms with Gasteiger partial charge in [0.05, 0.1) is 6.54 Å². The predicted molar refractivity (Wildman–Crippen MR) is 114 cm³/mol. The zero-order valence-corrected chi connectivity index (χ0v) is 17.3. The van der Waals surface area contributed by atoms with Crippen LogP contribution in [0.3, 0.4) is 0 Å². The Morgan fingerprint density at radius 2 is 1.90 bits per heavy atom. The summed E-state index contributed by atoms with van der Waals surface area (Å²) in [6.07, 6.45) is 1.40. The van der Waals surface area contributed by atoms with E-state index in [4.69, 9.17) is 16.3 Å². The van der Waals surface area contributed by atoms with Gasteiger partial charge in [-0.25, -0.2) is 14.8 Å². The first-order valence-electron chi connectivity index (χ1n) is 9.47. The molecule has 1 aromatic heterocycles. The number of aromatic nitrogens is 2. The molecule has 1 amide bonds. The first-order valence-corrected chi connectivity index (χ1v) is 9.85. The Kier molecular flexibility index (Phi) is 5.58. The number of likely N-dealkylation sites (N-methyl/N-ethyl adjacent to an activating group) is 1. The van der Waals surface area contributed by atoms with Crippen LogP contribution in [0.4, 0.5) is 5.69 Å². The van der Waals surface area contributed by atoms with Crippen LogP contribution in [-0.4, -0.2) is 46.6 Å². The molecule has 0 unspecified atom stereocenters. The van der Waals surface area contributed by atoms with Gasteiger partial charge in [0.25, 0.3) is 0 Å². The van der Waals surface area contributed by atoms with Crippen LogP contribution in [-0.2, 0) is 15.1 Å². The molecule has 158 valence electrons. The molecule has 0 spiro atoms. The van der Waals surface area contributed by atoms with Crippen LogP contribution in [0.2, 0.25) is 5.02 Å². The Hall–Kier alpha value is -3.49. The van der Waals surface area contributed by atoms with Crippen molar-refractivity contribution in [2.24, 2.45) is 0 Å². The summed E-state index contributed by atoms with van der Waals surface area (Å²) in [5.41, 5.74) is 0.132. The standard InChI is InChI=1S/C22H19ClN4O4/c1-27-17-9-8-15(23)12-16(17)22(26-13-18(27)28,14-6-3-2-4-7-14)19(20(29)30)31-21-24-10-5-11-25-21/h2-12,19,26H,13H2,1H3,(H,29,30)/t19-,22+/m1/s1. The number of fused-ring (bicyclic) bond motifs is 1. The molecule has 31 heavy (non-hydrogen) atoms. The van der Waals surface area contributed by atoms with E-state index in [1.54, 1.807) is 55.6 Å². The van der Waals surface area contributed by atoms with Crippen molar-refractivity contribution in [2.45, 2.75) is 11.6 Å². The Morgan fingerprint density at radius 1 is 1.19 bits per heavy atom. The molecule has 3 aromatic rings. The average molecular weight is 439 g/mol. The number of aliphatic carboxylic acids is 1. The Bertz CT molecular complexity index is 1110. The topological polar surface area (TPSA) is 105 Å². The molecule has 1 aliphatic rings. The second-order valence-corrected chi connectivity index (χ2v) is 7.45. The van der Waals surface area contributed by atoms with Gasteiger partial charge in [-0.15, -0.1) is 0 Å². The molecular formula is C22H19ClN4O4. The number of carboxylic acids is 1. The summed E-state index contributed by atoms with van der Waals surface area (Å²) < 4.78 is 5.84. The second-order valence-electron chi connectivity index (χ2n) is 7.01. The molecule has 1 aliphatic heterocycles. The monoisotopic (exact) mass is 438 g/mol. The van der Waals surface area contributed by atoms with E-state index in [-0.39, 0.29) is 18.5 Å². The molecule has 0 aliphatic carbocycles. The highest BCUT2D eigenvalue weighted by molar-refractivity contribution is 6.30. The van der Waals surface area contributed by atoms with Crippen LogP contribution in [0.1, 0.15) is 11.1 Å². The number of carbonyl (C=O) groups is 2. The summed E-state index contributed by atoms with van der Waals surface area (Å²) in [6, 6.07) is 15.5. The van der Waals surface area contributed by atoms with E-state index in [1.165, 1.54) is 17.3 Å². The zero-order valence-electron chi connectivity index (χ0n) is 16.5. The molecule has 9 heteroatoms. The van der Waals surface area contributed by atoms with Gasteiger partial charge in [0.15, 0.2) is 0 Å². The number of halogens is 1. The lowest BCUT2D eigenvalue weighted by Gasteiger charge is -2.39. The number of nitrogens with one attached hydrogen (secondary N) is 1. The van der Waals surface area contributed by atoms with E-state index >= 15 is 0 Å². The van der Waals surface area contributed by atoms with Gasteiger partial charge in [-0.3, -0.25) is 10.1 Å². The van der Waals surface area contributed by atoms with E-state index < -0.39 is 17.6 Å². The van der Waals surface area contributed by atoms with Crippen molar-refractivity contribution in [1.29, 1.82) is 0 Å². The summed E-state index contributed by atoms with van der Waals surface area (Å²) in [6.45, 7) is -0.125. The fraction of sp³-hybridized carbons (Fsp3) is 0.182. The molecule has 0 saturated carbocycles. The number of nitrogens with zero attached hydrogens (tertiary/aromatic N) is 3. The van der Waals surface area contributed by atoms with Crippen molar-refractivity contribution < 1.29 is 19.4 Å². The lowest BCUT2D eigenvalue weighted by atomic mass is 9.77. The number of ether oxygens (including phenoxy) is 1. The van der Waals surface area contributed by atoms with E-state index in [1.807, 2.05) is 6.07 Å². The minimum atomic E-state index is -1.52. The molecule has 0 saturated heterocycles. The zero-order chi connectivity index (χ0) is 22.0. The van der Waals surface area contributed by atoms with Gasteiger partial charge in [-0.2, -0.15) is 0 Å². The minimum Gasteiger partial charge on any atom is -0.478 e. The summed E-state index contributed by atoms with van der Waals surface area (Å²) in [4.78, 5) is 34.9. The number of amides is 1. The van der Waals surface area contributed by atoms with E-state index in [9.17, 15) is 14.7 Å². The molecule has 0 radical (unpaired) electrons. The predicted octanol–water partition coefficient (Wildman–Crippen LogP) is 2.47. The second kappa shape index (κ2) is 8.33. The van der Waals surface area contributed by atoms with Crippen LogP contribution in [0.15, 0.2) is 67.0 Å². The maximum atomic E-state index is 12.7. The normalized spacial score (nSPS) is 19.3. The van der Waals surface area contributed by atoms with Gasteiger partial charge >= 0.3 is 12.0 Å². The van der Waals surface area contributed by atoms with Crippen LogP contribution in [0, 0.1) is 0 Å². The molecule has 0 bridgehead atoms. The Labute approximate surface area is 183 Å². The van der Waals surface area contributed by atoms with Gasteiger partial charge < -0.3 is 14.7 Å². The number of hydrogen-bond donors (Lipinski definition) is 2. The quantitative estimate of drug-likeness (QED) is 0.630. The number of hydrogen-bond acceptors (Lipinski definition) is 6. The fourth-order valence-electron chi connectivity index (χ4n) is 3.80. The maximum Gasteiger partial charge on any atom is 0.347 e. The SMILES string of the molecule is CN1C(=O)CN[C@](c2ccccc2)([C@H](Oc2ncccn2)C(=O)O)c2cc(Cl)ccc21. The molecule has 2 N–H and O–H groups in total. The van der Waals surface area contributed by atoms with Gasteiger partial charge in [0.1, 0.15) is 5.54 Å². The van der Waals surface area contributed by atoms with Crippen LogP contribution < -0.4 is 15.0 Å².